The van der Waals surface area contributed by atoms with Crippen LogP contribution in [0.5, 0.6) is 0 Å². The Morgan fingerprint density at radius 2 is 1.64 bits per heavy atom. The lowest BCUT2D eigenvalue weighted by molar-refractivity contribution is -0.145. The fourth-order valence-electron chi connectivity index (χ4n) is 3.99. The molecule has 0 heterocycles. The monoisotopic (exact) mass is 302 g/mol. The van der Waals surface area contributed by atoms with E-state index in [1.165, 1.54) is 23.8 Å². The van der Waals surface area contributed by atoms with Gasteiger partial charge in [-0.05, 0) is 56.7 Å². The molecule has 3 unspecified atom stereocenters. The molecule has 3 heteroatoms. The highest BCUT2D eigenvalue weighted by atomic mass is 16.5. The second-order valence-electron chi connectivity index (χ2n) is 6.67. The van der Waals surface area contributed by atoms with Crippen molar-refractivity contribution in [2.45, 2.75) is 52.9 Å². The second kappa shape index (κ2) is 6.64. The van der Waals surface area contributed by atoms with Crippen molar-refractivity contribution in [1.29, 1.82) is 0 Å². The maximum atomic E-state index is 12.8. The summed E-state index contributed by atoms with van der Waals surface area (Å²) >= 11 is 0. The summed E-state index contributed by atoms with van der Waals surface area (Å²) in [6.07, 6.45) is 2.20. The lowest BCUT2D eigenvalue weighted by Crippen LogP contribution is -2.21. The summed E-state index contributed by atoms with van der Waals surface area (Å²) in [5.41, 5.74) is 4.74. The van der Waals surface area contributed by atoms with Crippen LogP contribution in [0, 0.1) is 32.6 Å². The molecule has 0 aromatic heterocycles. The van der Waals surface area contributed by atoms with Gasteiger partial charge in [0.05, 0.1) is 13.0 Å². The predicted molar refractivity (Wildman–Crippen MR) is 86.9 cm³/mol. The minimum atomic E-state index is -0.175. The Bertz CT molecular complexity index is 565. The number of ketones is 1. The molecular weight excluding hydrogens is 276 g/mol. The smallest absolute Gasteiger partial charge is 0.308 e. The van der Waals surface area contributed by atoms with Gasteiger partial charge in [-0.15, -0.1) is 0 Å². The number of Topliss-reactive ketones (excluding diaryl/α,β-unsaturated/α-hetero) is 1. The number of carbonyl (C=O) groups excluding carboxylic acids is 2. The van der Waals surface area contributed by atoms with E-state index in [9.17, 15) is 9.59 Å². The van der Waals surface area contributed by atoms with Gasteiger partial charge in [-0.25, -0.2) is 0 Å². The molecule has 1 aromatic rings. The van der Waals surface area contributed by atoms with Crippen LogP contribution in [0.3, 0.4) is 0 Å². The Kier molecular flexibility index (Phi) is 5.05. The van der Waals surface area contributed by atoms with Gasteiger partial charge < -0.3 is 4.74 Å². The third kappa shape index (κ3) is 3.23. The molecule has 0 amide bonds. The molecule has 1 aliphatic carbocycles. The zero-order valence-electron chi connectivity index (χ0n) is 14.2. The number of aryl methyl sites for hydroxylation is 3. The van der Waals surface area contributed by atoms with Gasteiger partial charge in [0.1, 0.15) is 5.78 Å². The van der Waals surface area contributed by atoms with Crippen LogP contribution in [0.1, 0.15) is 54.4 Å². The van der Waals surface area contributed by atoms with Gasteiger partial charge in [-0.1, -0.05) is 24.6 Å². The highest BCUT2D eigenvalue weighted by Crippen LogP contribution is 2.37. The van der Waals surface area contributed by atoms with Gasteiger partial charge in [0.2, 0.25) is 0 Å². The number of methoxy groups -OCH3 is 1. The summed E-state index contributed by atoms with van der Waals surface area (Å²) in [6.45, 7) is 8.22. The van der Waals surface area contributed by atoms with E-state index in [2.05, 4.69) is 32.9 Å². The molecule has 0 saturated heterocycles. The molecule has 2 rings (SSSR count). The van der Waals surface area contributed by atoms with Crippen molar-refractivity contribution in [2.24, 2.45) is 11.8 Å². The lowest BCUT2D eigenvalue weighted by Gasteiger charge is -2.20. The van der Waals surface area contributed by atoms with Gasteiger partial charge in [-0.3, -0.25) is 9.59 Å². The Morgan fingerprint density at radius 1 is 1.09 bits per heavy atom. The number of carbonyl (C=O) groups is 2. The maximum absolute atomic E-state index is 12.8. The molecule has 1 aliphatic rings. The van der Waals surface area contributed by atoms with E-state index in [4.69, 9.17) is 4.74 Å². The summed E-state index contributed by atoms with van der Waals surface area (Å²) in [6, 6.07) is 4.27. The van der Waals surface area contributed by atoms with Crippen molar-refractivity contribution >= 4 is 11.8 Å². The van der Waals surface area contributed by atoms with E-state index in [1.54, 1.807) is 0 Å². The van der Waals surface area contributed by atoms with E-state index in [0.29, 0.717) is 6.42 Å². The number of hydrogen-bond donors (Lipinski definition) is 0. The quantitative estimate of drug-likeness (QED) is 0.793. The Hall–Kier alpha value is -1.64. The van der Waals surface area contributed by atoms with Crippen molar-refractivity contribution in [3.63, 3.8) is 0 Å². The summed E-state index contributed by atoms with van der Waals surface area (Å²) in [4.78, 5) is 24.5. The van der Waals surface area contributed by atoms with Gasteiger partial charge in [-0.2, -0.15) is 0 Å². The first kappa shape index (κ1) is 16.7. The molecule has 1 aromatic carbocycles. The van der Waals surface area contributed by atoms with Crippen LogP contribution < -0.4 is 0 Å². The number of benzene rings is 1. The van der Waals surface area contributed by atoms with Crippen LogP contribution in [0.2, 0.25) is 0 Å². The molecule has 120 valence electrons. The second-order valence-corrected chi connectivity index (χ2v) is 6.67. The Balaban J connectivity index is 2.16. The van der Waals surface area contributed by atoms with Crippen LogP contribution in [0.4, 0.5) is 0 Å². The summed E-state index contributed by atoms with van der Waals surface area (Å²) in [5, 5.41) is 0. The molecule has 1 saturated carbocycles. The highest BCUT2D eigenvalue weighted by Gasteiger charge is 2.36. The average molecular weight is 302 g/mol. The third-order valence-corrected chi connectivity index (χ3v) is 4.97. The maximum Gasteiger partial charge on any atom is 0.308 e. The van der Waals surface area contributed by atoms with E-state index in [1.807, 2.05) is 6.92 Å². The molecule has 3 atom stereocenters. The molecule has 0 N–H and O–H groups in total. The van der Waals surface area contributed by atoms with Gasteiger partial charge >= 0.3 is 5.97 Å². The summed E-state index contributed by atoms with van der Waals surface area (Å²) in [7, 11) is 1.42. The number of hydrogen-bond acceptors (Lipinski definition) is 3. The highest BCUT2D eigenvalue weighted by molar-refractivity contribution is 5.89. The van der Waals surface area contributed by atoms with Crippen LogP contribution in [-0.4, -0.2) is 18.9 Å². The molecule has 22 heavy (non-hydrogen) atoms. The normalized spacial score (nSPS) is 22.4. The molecule has 0 spiro atoms. The van der Waals surface area contributed by atoms with Crippen LogP contribution in [0.25, 0.3) is 0 Å². The van der Waals surface area contributed by atoms with Crippen LogP contribution in [0.15, 0.2) is 12.1 Å². The van der Waals surface area contributed by atoms with Gasteiger partial charge in [0.25, 0.3) is 0 Å². The predicted octanol–water partition coefficient (Wildman–Crippen LogP) is 3.87. The first-order chi connectivity index (χ1) is 10.3. The lowest BCUT2D eigenvalue weighted by atomic mass is 9.83. The molecular formula is C19H26O3. The number of ether oxygens (including phenoxy) is 1. The van der Waals surface area contributed by atoms with Crippen LogP contribution >= 0.6 is 0 Å². The van der Waals surface area contributed by atoms with Crippen molar-refractivity contribution in [3.8, 4) is 0 Å². The Morgan fingerprint density at radius 3 is 2.18 bits per heavy atom. The minimum Gasteiger partial charge on any atom is -0.469 e. The molecule has 3 nitrogen and oxygen atoms in total. The standard InChI is InChI=1S/C19H26O3/c1-11-8-12(2)17(13(3)9-11)14(4)18(20)15-6-7-16(10-15)19(21)22-5/h8-9,14-16H,6-7,10H2,1-5H3. The van der Waals surface area contributed by atoms with E-state index in [-0.39, 0.29) is 29.5 Å². The summed E-state index contributed by atoms with van der Waals surface area (Å²) in [5.74, 6) is -0.139. The first-order valence-electron chi connectivity index (χ1n) is 8.04. The molecule has 0 radical (unpaired) electrons. The first-order valence-corrected chi connectivity index (χ1v) is 8.04. The zero-order chi connectivity index (χ0) is 16.4. The van der Waals surface area contributed by atoms with Gasteiger partial charge in [0, 0.05) is 11.8 Å². The molecule has 0 aliphatic heterocycles. The fraction of sp³-hybridized carbons (Fsp3) is 0.579. The largest absolute Gasteiger partial charge is 0.469 e. The topological polar surface area (TPSA) is 43.4 Å². The minimum absolute atomic E-state index is 0.0146. The fourth-order valence-corrected chi connectivity index (χ4v) is 3.99. The van der Waals surface area contributed by atoms with Crippen LogP contribution in [-0.2, 0) is 14.3 Å². The summed E-state index contributed by atoms with van der Waals surface area (Å²) < 4.78 is 4.81. The van der Waals surface area contributed by atoms with E-state index in [0.717, 1.165) is 18.4 Å². The number of rotatable bonds is 4. The zero-order valence-corrected chi connectivity index (χ0v) is 14.2. The SMILES string of the molecule is COC(=O)C1CCC(C(=O)C(C)c2c(C)cc(C)cc2C)C1. The molecule has 0 bridgehead atoms. The van der Waals surface area contributed by atoms with Crippen molar-refractivity contribution in [3.05, 3.63) is 34.4 Å². The Labute approximate surface area is 133 Å². The number of esters is 1. The van der Waals surface area contributed by atoms with Crippen molar-refractivity contribution in [1.82, 2.24) is 0 Å². The van der Waals surface area contributed by atoms with Gasteiger partial charge in [0.15, 0.2) is 0 Å². The average Bonchev–Trinajstić information content (AvgIpc) is 2.94. The van der Waals surface area contributed by atoms with Crippen molar-refractivity contribution in [2.75, 3.05) is 7.11 Å². The van der Waals surface area contributed by atoms with E-state index < -0.39 is 0 Å². The third-order valence-electron chi connectivity index (χ3n) is 4.97. The van der Waals surface area contributed by atoms with E-state index >= 15 is 0 Å². The van der Waals surface area contributed by atoms with Crippen molar-refractivity contribution < 1.29 is 14.3 Å². The molecule has 1 fully saturated rings.